The summed E-state index contributed by atoms with van der Waals surface area (Å²) >= 11 is 0. The second-order valence-electron chi connectivity index (χ2n) is 6.77. The Kier molecular flexibility index (Phi) is 3.46. The third-order valence-electron chi connectivity index (χ3n) is 5.74. The van der Waals surface area contributed by atoms with Crippen LogP contribution in [0.25, 0.3) is 0 Å². The molecule has 2 nitrogen and oxygen atoms in total. The number of rotatable bonds is 4. The molecule has 2 aliphatic rings. The Labute approximate surface area is 117 Å². The third-order valence-corrected chi connectivity index (χ3v) is 5.74. The average molecular weight is 261 g/mol. The first-order valence-corrected chi connectivity index (χ1v) is 7.83. The predicted octanol–water partition coefficient (Wildman–Crippen LogP) is 4.29. The van der Waals surface area contributed by atoms with Crippen LogP contribution in [0.3, 0.4) is 0 Å². The van der Waals surface area contributed by atoms with Gasteiger partial charge in [-0.25, -0.2) is 0 Å². The molecule has 4 atom stereocenters. The molecular formula is C17H27NO. The molecule has 1 aromatic heterocycles. The zero-order valence-electron chi connectivity index (χ0n) is 12.8. The van der Waals surface area contributed by atoms with E-state index in [2.05, 4.69) is 33.1 Å². The molecule has 2 aliphatic carbocycles. The van der Waals surface area contributed by atoms with Crippen molar-refractivity contribution >= 4 is 0 Å². The van der Waals surface area contributed by atoms with Crippen molar-refractivity contribution in [3.63, 3.8) is 0 Å². The number of fused-ring (bicyclic) bond motifs is 2. The first-order chi connectivity index (χ1) is 9.10. The summed E-state index contributed by atoms with van der Waals surface area (Å²) in [6, 6.07) is 0.474. The number of nitrogens with one attached hydrogen (secondary N) is 1. The Morgan fingerprint density at radius 2 is 1.95 bits per heavy atom. The number of hydrogen-bond donors (Lipinski definition) is 1. The summed E-state index contributed by atoms with van der Waals surface area (Å²) in [6.45, 7) is 6.39. The van der Waals surface area contributed by atoms with Crippen molar-refractivity contribution in [3.05, 3.63) is 22.6 Å². The Bertz CT molecular complexity index is 462. The highest BCUT2D eigenvalue weighted by Crippen LogP contribution is 2.51. The quantitative estimate of drug-likeness (QED) is 0.874. The fourth-order valence-corrected chi connectivity index (χ4v) is 4.67. The Hall–Kier alpha value is -0.760. The van der Waals surface area contributed by atoms with Gasteiger partial charge in [0, 0.05) is 11.6 Å². The third kappa shape index (κ3) is 2.24. The lowest BCUT2D eigenvalue weighted by Crippen LogP contribution is -2.23. The van der Waals surface area contributed by atoms with Gasteiger partial charge in [0.2, 0.25) is 0 Å². The molecular weight excluding hydrogens is 234 g/mol. The molecule has 2 fully saturated rings. The van der Waals surface area contributed by atoms with E-state index in [1.807, 2.05) is 0 Å². The van der Waals surface area contributed by atoms with E-state index in [0.29, 0.717) is 6.04 Å². The lowest BCUT2D eigenvalue weighted by Gasteiger charge is -2.27. The fraction of sp³-hybridized carbons (Fsp3) is 0.765. The van der Waals surface area contributed by atoms with E-state index >= 15 is 0 Å². The molecule has 2 saturated carbocycles. The van der Waals surface area contributed by atoms with Gasteiger partial charge in [-0.1, -0.05) is 6.42 Å². The smallest absolute Gasteiger partial charge is 0.106 e. The number of aryl methyl sites for hydroxylation is 2. The van der Waals surface area contributed by atoms with E-state index in [1.165, 1.54) is 43.2 Å². The predicted molar refractivity (Wildman–Crippen MR) is 78.3 cm³/mol. The van der Waals surface area contributed by atoms with Crippen molar-refractivity contribution in [2.75, 3.05) is 7.05 Å². The summed E-state index contributed by atoms with van der Waals surface area (Å²) in [4.78, 5) is 0. The normalized spacial score (nSPS) is 31.1. The summed E-state index contributed by atoms with van der Waals surface area (Å²) in [5, 5.41) is 3.54. The van der Waals surface area contributed by atoms with Crippen molar-refractivity contribution in [2.45, 2.75) is 58.9 Å². The fourth-order valence-electron chi connectivity index (χ4n) is 4.67. The molecule has 0 saturated heterocycles. The van der Waals surface area contributed by atoms with Crippen LogP contribution in [0.1, 0.15) is 60.8 Å². The van der Waals surface area contributed by atoms with Crippen LogP contribution in [0, 0.1) is 38.5 Å². The summed E-state index contributed by atoms with van der Waals surface area (Å²) in [5.74, 6) is 5.18. The molecule has 3 rings (SSSR count). The van der Waals surface area contributed by atoms with Gasteiger partial charge in [-0.15, -0.1) is 0 Å². The molecule has 106 valence electrons. The van der Waals surface area contributed by atoms with Crippen molar-refractivity contribution < 1.29 is 4.42 Å². The second-order valence-corrected chi connectivity index (χ2v) is 6.77. The summed E-state index contributed by atoms with van der Waals surface area (Å²) in [6.07, 6.45) is 7.24. The number of hydrogen-bond acceptors (Lipinski definition) is 2. The standard InChI is InChI=1S/C17H27NO/c1-10-11(2)19-12(3)17(10)16(18-4)9-15-8-13-5-6-14(15)7-13/h13-16,18H,5-9H2,1-4H3. The maximum absolute atomic E-state index is 5.81. The van der Waals surface area contributed by atoms with Gasteiger partial charge < -0.3 is 9.73 Å². The van der Waals surface area contributed by atoms with Crippen molar-refractivity contribution in [2.24, 2.45) is 17.8 Å². The van der Waals surface area contributed by atoms with Gasteiger partial charge >= 0.3 is 0 Å². The van der Waals surface area contributed by atoms with E-state index in [-0.39, 0.29) is 0 Å². The van der Waals surface area contributed by atoms with Crippen LogP contribution in [0.15, 0.2) is 4.42 Å². The van der Waals surface area contributed by atoms with Gasteiger partial charge in [-0.05, 0) is 76.8 Å². The molecule has 1 aromatic rings. The highest BCUT2D eigenvalue weighted by atomic mass is 16.3. The summed E-state index contributed by atoms with van der Waals surface area (Å²) in [7, 11) is 2.10. The van der Waals surface area contributed by atoms with Gasteiger partial charge in [-0.3, -0.25) is 0 Å². The molecule has 4 unspecified atom stereocenters. The molecule has 0 amide bonds. The summed E-state index contributed by atoms with van der Waals surface area (Å²) in [5.41, 5.74) is 2.77. The SMILES string of the molecule is CNC(CC1CC2CCC1C2)c1c(C)oc(C)c1C. The largest absolute Gasteiger partial charge is 0.466 e. The maximum atomic E-state index is 5.81. The van der Waals surface area contributed by atoms with Crippen molar-refractivity contribution in [1.82, 2.24) is 5.32 Å². The van der Waals surface area contributed by atoms with Crippen LogP contribution in [-0.2, 0) is 0 Å². The monoisotopic (exact) mass is 261 g/mol. The van der Waals surface area contributed by atoms with Gasteiger partial charge in [0.15, 0.2) is 0 Å². The highest BCUT2D eigenvalue weighted by Gasteiger charge is 2.40. The molecule has 1 heterocycles. The van der Waals surface area contributed by atoms with Crippen molar-refractivity contribution in [3.8, 4) is 0 Å². The number of furan rings is 1. The summed E-state index contributed by atoms with van der Waals surface area (Å²) < 4.78 is 5.81. The van der Waals surface area contributed by atoms with Crippen LogP contribution in [0.5, 0.6) is 0 Å². The highest BCUT2D eigenvalue weighted by molar-refractivity contribution is 5.34. The molecule has 19 heavy (non-hydrogen) atoms. The lowest BCUT2D eigenvalue weighted by molar-refractivity contribution is 0.283. The van der Waals surface area contributed by atoms with E-state index < -0.39 is 0 Å². The van der Waals surface area contributed by atoms with Gasteiger partial charge in [0.25, 0.3) is 0 Å². The van der Waals surface area contributed by atoms with Crippen molar-refractivity contribution in [1.29, 1.82) is 0 Å². The molecule has 0 aromatic carbocycles. The molecule has 0 spiro atoms. The first kappa shape index (κ1) is 13.2. The van der Waals surface area contributed by atoms with Gasteiger partial charge in [0.1, 0.15) is 11.5 Å². The van der Waals surface area contributed by atoms with Crippen LogP contribution in [0.2, 0.25) is 0 Å². The van der Waals surface area contributed by atoms with Crippen LogP contribution < -0.4 is 5.32 Å². The molecule has 0 aliphatic heterocycles. The van der Waals surface area contributed by atoms with E-state index in [4.69, 9.17) is 4.42 Å². The molecule has 0 radical (unpaired) electrons. The minimum atomic E-state index is 0.474. The van der Waals surface area contributed by atoms with E-state index in [0.717, 1.165) is 29.3 Å². The molecule has 2 bridgehead atoms. The maximum Gasteiger partial charge on any atom is 0.106 e. The van der Waals surface area contributed by atoms with Gasteiger partial charge in [0.05, 0.1) is 0 Å². The zero-order valence-corrected chi connectivity index (χ0v) is 12.8. The Morgan fingerprint density at radius 3 is 2.42 bits per heavy atom. The van der Waals surface area contributed by atoms with Crippen LogP contribution >= 0.6 is 0 Å². The molecule has 2 heteroatoms. The minimum absolute atomic E-state index is 0.474. The molecule has 1 N–H and O–H groups in total. The zero-order chi connectivity index (χ0) is 13.6. The average Bonchev–Trinajstić information content (AvgIpc) is 3.04. The topological polar surface area (TPSA) is 25.2 Å². The van der Waals surface area contributed by atoms with Gasteiger partial charge in [-0.2, -0.15) is 0 Å². The van der Waals surface area contributed by atoms with Crippen LogP contribution in [-0.4, -0.2) is 7.05 Å². The second kappa shape index (κ2) is 4.97. The van der Waals surface area contributed by atoms with E-state index in [9.17, 15) is 0 Å². The lowest BCUT2D eigenvalue weighted by atomic mass is 9.82. The Morgan fingerprint density at radius 1 is 1.16 bits per heavy atom. The van der Waals surface area contributed by atoms with Crippen LogP contribution in [0.4, 0.5) is 0 Å². The Balaban J connectivity index is 1.77. The van der Waals surface area contributed by atoms with E-state index in [1.54, 1.807) is 0 Å². The minimum Gasteiger partial charge on any atom is -0.466 e. The first-order valence-electron chi connectivity index (χ1n) is 7.83.